The van der Waals surface area contributed by atoms with Gasteiger partial charge >= 0.3 is 0 Å². The molecule has 4 heteroatoms. The summed E-state index contributed by atoms with van der Waals surface area (Å²) in [6.07, 6.45) is 3.28. The molecule has 0 radical (unpaired) electrons. The third kappa shape index (κ3) is 2.21. The molecular weight excluding hydrogens is 240 g/mol. The molecule has 0 saturated carbocycles. The summed E-state index contributed by atoms with van der Waals surface area (Å²) in [5.41, 5.74) is 6.82. The Morgan fingerprint density at radius 2 is 2.21 bits per heavy atom. The number of para-hydroxylation sites is 1. The van der Waals surface area contributed by atoms with Crippen molar-refractivity contribution in [3.63, 3.8) is 0 Å². The highest BCUT2D eigenvalue weighted by Gasteiger charge is 2.36. The third-order valence-electron chi connectivity index (χ3n) is 4.18. The van der Waals surface area contributed by atoms with Gasteiger partial charge in [-0.15, -0.1) is 0 Å². The van der Waals surface area contributed by atoms with Crippen molar-refractivity contribution < 1.29 is 9.53 Å². The van der Waals surface area contributed by atoms with Crippen LogP contribution in [0, 0.1) is 0 Å². The number of piperidine rings is 1. The number of benzene rings is 1. The predicted molar refractivity (Wildman–Crippen MR) is 73.1 cm³/mol. The first-order valence-electron chi connectivity index (χ1n) is 7.03. The number of carbonyl (C=O) groups excluding carboxylic acids is 1. The second kappa shape index (κ2) is 5.21. The van der Waals surface area contributed by atoms with Gasteiger partial charge in [0, 0.05) is 24.7 Å². The van der Waals surface area contributed by atoms with Gasteiger partial charge in [0.25, 0.3) is 0 Å². The summed E-state index contributed by atoms with van der Waals surface area (Å²) in [4.78, 5) is 14.7. The molecule has 2 atom stereocenters. The van der Waals surface area contributed by atoms with Crippen molar-refractivity contribution in [1.82, 2.24) is 4.90 Å². The number of nitrogens with two attached hydrogens (primary N) is 1. The smallest absolute Gasteiger partial charge is 0.234 e. The Kier molecular flexibility index (Phi) is 3.42. The van der Waals surface area contributed by atoms with E-state index in [4.69, 9.17) is 10.5 Å². The fraction of sp³-hybridized carbons (Fsp3) is 0.533. The maximum absolute atomic E-state index is 12.7. The van der Waals surface area contributed by atoms with E-state index in [0.717, 1.165) is 30.7 Å². The monoisotopic (exact) mass is 260 g/mol. The Labute approximate surface area is 113 Å². The second-order valence-corrected chi connectivity index (χ2v) is 5.32. The quantitative estimate of drug-likeness (QED) is 0.876. The van der Waals surface area contributed by atoms with E-state index < -0.39 is 0 Å². The van der Waals surface area contributed by atoms with Gasteiger partial charge in [-0.3, -0.25) is 4.79 Å². The van der Waals surface area contributed by atoms with Crippen molar-refractivity contribution in [3.05, 3.63) is 29.8 Å². The van der Waals surface area contributed by atoms with Crippen molar-refractivity contribution in [2.45, 2.75) is 31.2 Å². The summed E-state index contributed by atoms with van der Waals surface area (Å²) in [7, 11) is 0. The topological polar surface area (TPSA) is 55.6 Å². The van der Waals surface area contributed by atoms with E-state index >= 15 is 0 Å². The molecule has 0 spiro atoms. The fourth-order valence-corrected chi connectivity index (χ4v) is 3.10. The first-order valence-corrected chi connectivity index (χ1v) is 7.03. The molecule has 2 aliphatic rings. The van der Waals surface area contributed by atoms with Gasteiger partial charge in [-0.2, -0.15) is 0 Å². The van der Waals surface area contributed by atoms with Crippen LogP contribution in [-0.2, 0) is 4.79 Å². The van der Waals surface area contributed by atoms with E-state index in [1.807, 2.05) is 29.2 Å². The van der Waals surface area contributed by atoms with Crippen LogP contribution in [-0.4, -0.2) is 36.5 Å². The number of ether oxygens (including phenoxy) is 1. The van der Waals surface area contributed by atoms with Crippen LogP contribution in [0.4, 0.5) is 0 Å². The lowest BCUT2D eigenvalue weighted by atomic mass is 9.95. The Morgan fingerprint density at radius 3 is 3.05 bits per heavy atom. The second-order valence-electron chi connectivity index (χ2n) is 5.32. The molecule has 0 aliphatic carbocycles. The van der Waals surface area contributed by atoms with Crippen molar-refractivity contribution in [2.24, 2.45) is 5.73 Å². The van der Waals surface area contributed by atoms with Crippen molar-refractivity contribution in [2.75, 3.05) is 19.7 Å². The Bertz CT molecular complexity index is 475. The van der Waals surface area contributed by atoms with Crippen LogP contribution in [0.2, 0.25) is 0 Å². The minimum absolute atomic E-state index is 0.150. The molecule has 3 rings (SSSR count). The summed E-state index contributed by atoms with van der Waals surface area (Å²) in [5.74, 6) is 0.880. The molecule has 0 bridgehead atoms. The molecule has 2 aliphatic heterocycles. The third-order valence-corrected chi connectivity index (χ3v) is 4.18. The molecule has 1 aromatic carbocycles. The number of hydrogen-bond donors (Lipinski definition) is 1. The van der Waals surface area contributed by atoms with Gasteiger partial charge in [-0.1, -0.05) is 18.2 Å². The molecule has 2 heterocycles. The lowest BCUT2D eigenvalue weighted by molar-refractivity contribution is -0.136. The van der Waals surface area contributed by atoms with E-state index in [1.54, 1.807) is 0 Å². The van der Waals surface area contributed by atoms with Gasteiger partial charge in [-0.05, 0) is 25.3 Å². The SMILES string of the molecule is NCC1CCCCN1C(=O)C1COc2ccccc21. The molecule has 1 fully saturated rings. The van der Waals surface area contributed by atoms with Crippen LogP contribution < -0.4 is 10.5 Å². The average molecular weight is 260 g/mol. The minimum Gasteiger partial charge on any atom is -0.492 e. The summed E-state index contributed by atoms with van der Waals surface area (Å²) in [6.45, 7) is 1.85. The highest BCUT2D eigenvalue weighted by molar-refractivity contribution is 5.86. The van der Waals surface area contributed by atoms with E-state index in [-0.39, 0.29) is 17.9 Å². The molecule has 1 saturated heterocycles. The van der Waals surface area contributed by atoms with E-state index in [1.165, 1.54) is 6.42 Å². The molecule has 0 aromatic heterocycles. The summed E-state index contributed by atoms with van der Waals surface area (Å²) in [6, 6.07) is 8.03. The van der Waals surface area contributed by atoms with E-state index in [0.29, 0.717) is 13.2 Å². The van der Waals surface area contributed by atoms with Gasteiger partial charge in [0.05, 0.1) is 0 Å². The first kappa shape index (κ1) is 12.5. The first-order chi connectivity index (χ1) is 9.31. The van der Waals surface area contributed by atoms with Crippen LogP contribution >= 0.6 is 0 Å². The highest BCUT2D eigenvalue weighted by Crippen LogP contribution is 2.35. The van der Waals surface area contributed by atoms with Gasteiger partial charge in [0.2, 0.25) is 5.91 Å². The number of likely N-dealkylation sites (tertiary alicyclic amines) is 1. The molecule has 4 nitrogen and oxygen atoms in total. The van der Waals surface area contributed by atoms with E-state index in [2.05, 4.69) is 0 Å². The van der Waals surface area contributed by atoms with Crippen molar-refractivity contribution >= 4 is 5.91 Å². The molecule has 2 unspecified atom stereocenters. The zero-order valence-corrected chi connectivity index (χ0v) is 11.0. The zero-order chi connectivity index (χ0) is 13.2. The molecule has 1 amide bonds. The summed E-state index contributed by atoms with van der Waals surface area (Å²) in [5, 5.41) is 0. The van der Waals surface area contributed by atoms with Crippen LogP contribution in [0.3, 0.4) is 0 Å². The molecule has 2 N–H and O–H groups in total. The van der Waals surface area contributed by atoms with Gasteiger partial charge in [0.15, 0.2) is 0 Å². The number of hydrogen-bond acceptors (Lipinski definition) is 3. The Hall–Kier alpha value is -1.55. The number of fused-ring (bicyclic) bond motifs is 1. The van der Waals surface area contributed by atoms with Gasteiger partial charge in [0.1, 0.15) is 18.3 Å². The van der Waals surface area contributed by atoms with E-state index in [9.17, 15) is 4.79 Å². The number of amides is 1. The van der Waals surface area contributed by atoms with Crippen LogP contribution in [0.25, 0.3) is 0 Å². The van der Waals surface area contributed by atoms with Gasteiger partial charge < -0.3 is 15.4 Å². The minimum atomic E-state index is -0.150. The van der Waals surface area contributed by atoms with Crippen molar-refractivity contribution in [1.29, 1.82) is 0 Å². The van der Waals surface area contributed by atoms with Crippen LogP contribution in [0.1, 0.15) is 30.7 Å². The number of rotatable bonds is 2. The lowest BCUT2D eigenvalue weighted by Crippen LogP contribution is -2.49. The Morgan fingerprint density at radius 1 is 1.37 bits per heavy atom. The highest BCUT2D eigenvalue weighted by atomic mass is 16.5. The fourth-order valence-electron chi connectivity index (χ4n) is 3.10. The maximum atomic E-state index is 12.7. The molecule has 102 valence electrons. The zero-order valence-electron chi connectivity index (χ0n) is 11.0. The number of nitrogens with zero attached hydrogens (tertiary/aromatic N) is 1. The summed E-state index contributed by atoms with van der Waals surface area (Å²) < 4.78 is 5.61. The predicted octanol–water partition coefficient (Wildman–Crippen LogP) is 1.50. The molecule has 1 aromatic rings. The lowest BCUT2D eigenvalue weighted by Gasteiger charge is -2.36. The standard InChI is InChI=1S/C15H20N2O2/c16-9-11-5-3-4-8-17(11)15(18)13-10-19-14-7-2-1-6-12(13)14/h1-2,6-7,11,13H,3-5,8-10,16H2. The van der Waals surface area contributed by atoms with Crippen molar-refractivity contribution in [3.8, 4) is 5.75 Å². The number of carbonyl (C=O) groups is 1. The summed E-state index contributed by atoms with van der Waals surface area (Å²) >= 11 is 0. The normalized spacial score (nSPS) is 25.8. The van der Waals surface area contributed by atoms with Gasteiger partial charge in [-0.25, -0.2) is 0 Å². The van der Waals surface area contributed by atoms with Crippen LogP contribution in [0.5, 0.6) is 5.75 Å². The largest absolute Gasteiger partial charge is 0.492 e. The Balaban J connectivity index is 1.81. The maximum Gasteiger partial charge on any atom is 0.234 e. The van der Waals surface area contributed by atoms with Crippen LogP contribution in [0.15, 0.2) is 24.3 Å². The molecular formula is C15H20N2O2. The molecule has 19 heavy (non-hydrogen) atoms. The average Bonchev–Trinajstić information content (AvgIpc) is 2.90.